The number of hydrogen-bond donors (Lipinski definition) is 1. The second kappa shape index (κ2) is 8.97. The van der Waals surface area contributed by atoms with Gasteiger partial charge in [0.1, 0.15) is 10.6 Å². The maximum absolute atomic E-state index is 12.8. The number of benzene rings is 2. The number of sulfonamides is 1. The van der Waals surface area contributed by atoms with E-state index in [1.54, 1.807) is 42.5 Å². The van der Waals surface area contributed by atoms with Crippen LogP contribution in [-0.2, 0) is 14.8 Å². The van der Waals surface area contributed by atoms with E-state index in [4.69, 9.17) is 16.3 Å². The number of hydrogen-bond acceptors (Lipinski definition) is 7. The monoisotopic (exact) mass is 490 g/mol. The second-order valence-corrected chi connectivity index (χ2v) is 10.1. The van der Waals surface area contributed by atoms with Crippen molar-refractivity contribution in [3.8, 4) is 17.0 Å². The number of ether oxygens (including phenoxy) is 1. The van der Waals surface area contributed by atoms with Gasteiger partial charge in [-0.2, -0.15) is 0 Å². The Labute approximate surface area is 195 Å². The molecule has 0 unspecified atom stereocenters. The standard InChI is InChI=1S/C21H19ClN4O4S2/c1-3-30-15-7-5-14(6-8-15)24-19(27)12-31-21-23-11-18-20(25-21)16-10-13(22)4-9-17(16)26(2)32(18,28)29/h4-11H,3,12H2,1-2H3,(H,24,27). The molecule has 3 aromatic rings. The zero-order valence-electron chi connectivity index (χ0n) is 17.2. The summed E-state index contributed by atoms with van der Waals surface area (Å²) in [6.07, 6.45) is 1.27. The molecular weight excluding hydrogens is 472 g/mol. The molecule has 0 fully saturated rings. The molecule has 1 amide bonds. The predicted molar refractivity (Wildman–Crippen MR) is 125 cm³/mol. The van der Waals surface area contributed by atoms with Gasteiger partial charge >= 0.3 is 0 Å². The fourth-order valence-corrected chi connectivity index (χ4v) is 5.27. The molecule has 11 heteroatoms. The summed E-state index contributed by atoms with van der Waals surface area (Å²) in [7, 11) is -2.31. The molecule has 4 rings (SSSR count). The second-order valence-electron chi connectivity index (χ2n) is 6.79. The van der Waals surface area contributed by atoms with Crippen molar-refractivity contribution >= 4 is 50.7 Å². The number of halogens is 1. The third kappa shape index (κ3) is 4.38. The molecule has 0 saturated carbocycles. The van der Waals surface area contributed by atoms with Crippen LogP contribution in [0.2, 0.25) is 5.02 Å². The first-order chi connectivity index (χ1) is 15.3. The highest BCUT2D eigenvalue weighted by molar-refractivity contribution is 7.99. The van der Waals surface area contributed by atoms with Crippen molar-refractivity contribution in [3.63, 3.8) is 0 Å². The normalized spacial score (nSPS) is 13.8. The lowest BCUT2D eigenvalue weighted by atomic mass is 10.1. The molecule has 1 N–H and O–H groups in total. The third-order valence-electron chi connectivity index (χ3n) is 4.71. The molecule has 0 saturated heterocycles. The predicted octanol–water partition coefficient (Wildman–Crippen LogP) is 4.07. The number of rotatable bonds is 6. The van der Waals surface area contributed by atoms with Gasteiger partial charge in [0.25, 0.3) is 10.0 Å². The van der Waals surface area contributed by atoms with Crippen LogP contribution >= 0.6 is 23.4 Å². The van der Waals surface area contributed by atoms with Crippen LogP contribution in [0.3, 0.4) is 0 Å². The van der Waals surface area contributed by atoms with E-state index in [0.717, 1.165) is 17.5 Å². The molecule has 32 heavy (non-hydrogen) atoms. The quantitative estimate of drug-likeness (QED) is 0.410. The molecule has 166 valence electrons. The highest BCUT2D eigenvalue weighted by Gasteiger charge is 2.34. The lowest BCUT2D eigenvalue weighted by Gasteiger charge is -2.28. The number of anilines is 2. The van der Waals surface area contributed by atoms with Gasteiger partial charge in [-0.1, -0.05) is 23.4 Å². The van der Waals surface area contributed by atoms with E-state index in [1.165, 1.54) is 17.5 Å². The summed E-state index contributed by atoms with van der Waals surface area (Å²) in [5.41, 5.74) is 1.98. The molecule has 0 aliphatic carbocycles. The first-order valence-corrected chi connectivity index (χ1v) is 12.4. The van der Waals surface area contributed by atoms with Crippen molar-refractivity contribution in [1.82, 2.24) is 9.97 Å². The minimum Gasteiger partial charge on any atom is -0.494 e. The Balaban J connectivity index is 1.52. The Hall–Kier alpha value is -2.82. The van der Waals surface area contributed by atoms with Gasteiger partial charge < -0.3 is 10.1 Å². The van der Waals surface area contributed by atoms with Crippen LogP contribution in [0.5, 0.6) is 5.75 Å². The topological polar surface area (TPSA) is 101 Å². The number of carbonyl (C=O) groups excluding carboxylic acids is 1. The number of aromatic nitrogens is 2. The molecule has 0 atom stereocenters. The zero-order chi connectivity index (χ0) is 22.9. The Morgan fingerprint density at radius 2 is 1.97 bits per heavy atom. The van der Waals surface area contributed by atoms with Crippen molar-refractivity contribution in [2.24, 2.45) is 0 Å². The van der Waals surface area contributed by atoms with Crippen molar-refractivity contribution in [1.29, 1.82) is 0 Å². The van der Waals surface area contributed by atoms with Gasteiger partial charge in [-0.15, -0.1) is 0 Å². The molecule has 1 aromatic heterocycles. The maximum Gasteiger partial charge on any atom is 0.267 e. The van der Waals surface area contributed by atoms with Crippen molar-refractivity contribution in [3.05, 3.63) is 53.7 Å². The van der Waals surface area contributed by atoms with E-state index >= 15 is 0 Å². The van der Waals surface area contributed by atoms with Crippen molar-refractivity contribution in [2.75, 3.05) is 29.0 Å². The Bertz CT molecular complexity index is 1280. The van der Waals surface area contributed by atoms with Crippen LogP contribution in [0.4, 0.5) is 11.4 Å². The average Bonchev–Trinajstić information content (AvgIpc) is 2.78. The number of nitrogens with one attached hydrogen (secondary N) is 1. The summed E-state index contributed by atoms with van der Waals surface area (Å²) in [5, 5.41) is 3.55. The minimum atomic E-state index is -3.78. The fourth-order valence-electron chi connectivity index (χ4n) is 3.18. The number of amides is 1. The Kier molecular flexibility index (Phi) is 6.27. The Morgan fingerprint density at radius 1 is 1.22 bits per heavy atom. The van der Waals surface area contributed by atoms with Gasteiger partial charge in [-0.05, 0) is 49.4 Å². The summed E-state index contributed by atoms with van der Waals surface area (Å²) >= 11 is 7.24. The highest BCUT2D eigenvalue weighted by atomic mass is 35.5. The minimum absolute atomic E-state index is 0.00189. The van der Waals surface area contributed by atoms with E-state index in [-0.39, 0.29) is 27.4 Å². The van der Waals surface area contributed by atoms with Gasteiger partial charge in [0.05, 0.1) is 29.9 Å². The van der Waals surface area contributed by atoms with Crippen LogP contribution in [0.25, 0.3) is 11.3 Å². The van der Waals surface area contributed by atoms with Gasteiger partial charge in [0, 0.05) is 23.3 Å². The molecule has 0 spiro atoms. The van der Waals surface area contributed by atoms with Crippen LogP contribution in [0.15, 0.2) is 58.7 Å². The summed E-state index contributed by atoms with van der Waals surface area (Å²) in [4.78, 5) is 20.9. The first-order valence-electron chi connectivity index (χ1n) is 9.61. The molecule has 1 aliphatic rings. The fraction of sp³-hybridized carbons (Fsp3) is 0.190. The van der Waals surface area contributed by atoms with E-state index < -0.39 is 10.0 Å². The van der Waals surface area contributed by atoms with Gasteiger partial charge in [-0.25, -0.2) is 18.4 Å². The summed E-state index contributed by atoms with van der Waals surface area (Å²) < 4.78 is 32.2. The number of carbonyl (C=O) groups is 1. The van der Waals surface area contributed by atoms with Gasteiger partial charge in [0.15, 0.2) is 5.16 Å². The number of thioether (sulfide) groups is 1. The van der Waals surface area contributed by atoms with Crippen molar-refractivity contribution in [2.45, 2.75) is 17.0 Å². The maximum atomic E-state index is 12.8. The summed E-state index contributed by atoms with van der Waals surface area (Å²) in [5.74, 6) is 0.542. The Morgan fingerprint density at radius 3 is 2.69 bits per heavy atom. The van der Waals surface area contributed by atoms with E-state index in [1.807, 2.05) is 6.92 Å². The van der Waals surface area contributed by atoms with Crippen LogP contribution < -0.4 is 14.4 Å². The molecule has 1 aliphatic heterocycles. The molecule has 2 aromatic carbocycles. The number of fused-ring (bicyclic) bond motifs is 3. The SMILES string of the molecule is CCOc1ccc(NC(=O)CSc2ncc3c(n2)-c2cc(Cl)ccc2N(C)S3(=O)=O)cc1. The largest absolute Gasteiger partial charge is 0.494 e. The van der Waals surface area contributed by atoms with Crippen LogP contribution in [0.1, 0.15) is 6.92 Å². The van der Waals surface area contributed by atoms with E-state index in [9.17, 15) is 13.2 Å². The number of nitrogens with zero attached hydrogens (tertiary/aromatic N) is 3. The lowest BCUT2D eigenvalue weighted by molar-refractivity contribution is -0.113. The molecule has 8 nitrogen and oxygen atoms in total. The average molecular weight is 491 g/mol. The van der Waals surface area contributed by atoms with E-state index in [0.29, 0.717) is 28.6 Å². The summed E-state index contributed by atoms with van der Waals surface area (Å²) in [6, 6.07) is 12.0. The van der Waals surface area contributed by atoms with Crippen molar-refractivity contribution < 1.29 is 17.9 Å². The summed E-state index contributed by atoms with van der Waals surface area (Å²) in [6.45, 7) is 2.47. The smallest absolute Gasteiger partial charge is 0.267 e. The van der Waals surface area contributed by atoms with E-state index in [2.05, 4.69) is 15.3 Å². The first kappa shape index (κ1) is 22.4. The van der Waals surface area contributed by atoms with Crippen LogP contribution in [0, 0.1) is 0 Å². The zero-order valence-corrected chi connectivity index (χ0v) is 19.6. The molecule has 0 bridgehead atoms. The molecule has 0 radical (unpaired) electrons. The van der Waals surface area contributed by atoms with Gasteiger partial charge in [-0.3, -0.25) is 9.10 Å². The lowest BCUT2D eigenvalue weighted by Crippen LogP contribution is -2.31. The van der Waals surface area contributed by atoms with Crippen LogP contribution in [-0.4, -0.2) is 43.7 Å². The molecular formula is C21H19ClN4O4S2. The molecule has 2 heterocycles. The van der Waals surface area contributed by atoms with Gasteiger partial charge in [0.2, 0.25) is 5.91 Å². The highest BCUT2D eigenvalue weighted by Crippen LogP contribution is 2.42. The third-order valence-corrected chi connectivity index (χ3v) is 7.57.